The van der Waals surface area contributed by atoms with Crippen molar-refractivity contribution in [2.24, 2.45) is 10.2 Å². The van der Waals surface area contributed by atoms with Gasteiger partial charge in [0.05, 0.1) is 15.9 Å². The minimum atomic E-state index is 0.638. The molecule has 0 fully saturated rings. The molecule has 0 aliphatic rings. The number of hydrogen-bond donors (Lipinski definition) is 1. The van der Waals surface area contributed by atoms with Crippen LogP contribution in [0.15, 0.2) is 40.6 Å². The molecule has 3 rings (SSSR count). The van der Waals surface area contributed by atoms with Crippen LogP contribution in [-0.2, 0) is 0 Å². The van der Waals surface area contributed by atoms with Crippen molar-refractivity contribution in [1.29, 1.82) is 0 Å². The molecule has 0 aliphatic heterocycles. The van der Waals surface area contributed by atoms with Crippen molar-refractivity contribution in [3.63, 3.8) is 0 Å². The molecule has 6 heteroatoms. The van der Waals surface area contributed by atoms with Gasteiger partial charge in [-0.15, -0.1) is 10.2 Å². The number of azo groups is 1. The summed E-state index contributed by atoms with van der Waals surface area (Å²) in [6.07, 6.45) is 0. The number of nitrogen functional groups attached to an aromatic ring is 1. The zero-order valence-corrected chi connectivity index (χ0v) is 14.5. The van der Waals surface area contributed by atoms with Crippen molar-refractivity contribution in [2.75, 3.05) is 24.7 Å². The molecule has 0 unspecified atom stereocenters. The van der Waals surface area contributed by atoms with Gasteiger partial charge in [0.1, 0.15) is 0 Å². The van der Waals surface area contributed by atoms with Crippen LogP contribution in [0.5, 0.6) is 0 Å². The lowest BCUT2D eigenvalue weighted by molar-refractivity contribution is 1.10. The van der Waals surface area contributed by atoms with Crippen LogP contribution in [0.4, 0.5) is 22.2 Å². The van der Waals surface area contributed by atoms with E-state index in [-0.39, 0.29) is 0 Å². The fourth-order valence-electron chi connectivity index (χ4n) is 2.44. The fraction of sp³-hybridized carbons (Fsp3) is 0.235. The van der Waals surface area contributed by atoms with Crippen molar-refractivity contribution in [1.82, 2.24) is 4.98 Å². The zero-order chi connectivity index (χ0) is 16.6. The molecule has 0 saturated carbocycles. The van der Waals surface area contributed by atoms with Gasteiger partial charge in [-0.2, -0.15) is 0 Å². The van der Waals surface area contributed by atoms with E-state index in [9.17, 15) is 0 Å². The topological polar surface area (TPSA) is 66.9 Å². The van der Waals surface area contributed by atoms with Gasteiger partial charge in [0.2, 0.25) is 5.13 Å². The van der Waals surface area contributed by atoms with E-state index < -0.39 is 0 Å². The molecule has 0 bridgehead atoms. The Morgan fingerprint density at radius 1 is 1.04 bits per heavy atom. The molecule has 2 N–H and O–H groups in total. The monoisotopic (exact) mass is 325 g/mol. The standard InChI is InChI=1S/C17H19N5S/c1-10-8-15(22(3)4)11(2)7-14(10)20-21-17-19-13-6-5-12(18)9-16(13)23-17/h5-9H,18H2,1-4H3. The molecule has 0 spiro atoms. The van der Waals surface area contributed by atoms with E-state index in [2.05, 4.69) is 39.2 Å². The van der Waals surface area contributed by atoms with E-state index >= 15 is 0 Å². The second-order valence-electron chi connectivity index (χ2n) is 5.74. The number of fused-ring (bicyclic) bond motifs is 1. The SMILES string of the molecule is Cc1cc(N(C)C)c(C)cc1N=Nc1nc2ccc(N)cc2s1. The number of benzene rings is 2. The number of thiazole rings is 1. The third-order valence-corrected chi connectivity index (χ3v) is 4.54. The Hall–Kier alpha value is -2.47. The molecule has 0 saturated heterocycles. The Labute approximate surface area is 139 Å². The number of rotatable bonds is 3. The van der Waals surface area contributed by atoms with Crippen LogP contribution in [0.3, 0.4) is 0 Å². The number of nitrogens with zero attached hydrogens (tertiary/aromatic N) is 4. The minimum Gasteiger partial charge on any atom is -0.399 e. The number of anilines is 2. The lowest BCUT2D eigenvalue weighted by atomic mass is 10.1. The van der Waals surface area contributed by atoms with Gasteiger partial charge in [-0.05, 0) is 55.3 Å². The first kappa shape index (κ1) is 15.4. The van der Waals surface area contributed by atoms with Crippen molar-refractivity contribution in [3.05, 3.63) is 41.5 Å². The molecule has 2 aromatic carbocycles. The summed E-state index contributed by atoms with van der Waals surface area (Å²) in [5, 5.41) is 9.31. The average Bonchev–Trinajstić information content (AvgIpc) is 2.89. The average molecular weight is 325 g/mol. The minimum absolute atomic E-state index is 0.638. The number of nitrogens with two attached hydrogens (primary N) is 1. The molecule has 0 amide bonds. The summed E-state index contributed by atoms with van der Waals surface area (Å²) in [6, 6.07) is 9.84. The van der Waals surface area contributed by atoms with Gasteiger partial charge < -0.3 is 10.6 Å². The maximum Gasteiger partial charge on any atom is 0.231 e. The van der Waals surface area contributed by atoms with E-state index in [1.54, 1.807) is 0 Å². The molecule has 0 radical (unpaired) electrons. The molecular weight excluding hydrogens is 306 g/mol. The normalized spacial score (nSPS) is 11.5. The first-order chi connectivity index (χ1) is 10.9. The molecule has 0 aliphatic carbocycles. The molecule has 5 nitrogen and oxygen atoms in total. The highest BCUT2D eigenvalue weighted by Gasteiger charge is 2.07. The summed E-state index contributed by atoms with van der Waals surface area (Å²) < 4.78 is 1.02. The molecule has 23 heavy (non-hydrogen) atoms. The van der Waals surface area contributed by atoms with Gasteiger partial charge >= 0.3 is 0 Å². The first-order valence-corrected chi connectivity index (χ1v) is 8.12. The van der Waals surface area contributed by atoms with Crippen molar-refractivity contribution < 1.29 is 0 Å². The Morgan fingerprint density at radius 2 is 1.83 bits per heavy atom. The Kier molecular flexibility index (Phi) is 4.00. The Morgan fingerprint density at radius 3 is 2.57 bits per heavy atom. The second-order valence-corrected chi connectivity index (χ2v) is 6.75. The largest absolute Gasteiger partial charge is 0.399 e. The number of hydrogen-bond acceptors (Lipinski definition) is 6. The summed E-state index contributed by atoms with van der Waals surface area (Å²) in [4.78, 5) is 6.56. The van der Waals surface area contributed by atoms with Crippen LogP contribution in [0.25, 0.3) is 10.2 Å². The van der Waals surface area contributed by atoms with Gasteiger partial charge in [-0.1, -0.05) is 11.3 Å². The van der Waals surface area contributed by atoms with Gasteiger partial charge in [0, 0.05) is 25.5 Å². The number of aromatic nitrogens is 1. The summed E-state index contributed by atoms with van der Waals surface area (Å²) in [7, 11) is 4.07. The van der Waals surface area contributed by atoms with E-state index in [0.29, 0.717) is 5.13 Å². The smallest absolute Gasteiger partial charge is 0.231 e. The third-order valence-electron chi connectivity index (χ3n) is 3.64. The van der Waals surface area contributed by atoms with Crippen LogP contribution >= 0.6 is 11.3 Å². The fourth-order valence-corrected chi connectivity index (χ4v) is 3.28. The highest BCUT2D eigenvalue weighted by Crippen LogP contribution is 2.32. The number of aryl methyl sites for hydroxylation is 2. The Bertz CT molecular complexity index is 895. The highest BCUT2D eigenvalue weighted by molar-refractivity contribution is 7.21. The lowest BCUT2D eigenvalue weighted by Gasteiger charge is -2.16. The molecule has 1 heterocycles. The summed E-state index contributed by atoms with van der Waals surface area (Å²) in [5.41, 5.74) is 11.7. The molecule has 118 valence electrons. The van der Waals surface area contributed by atoms with Gasteiger partial charge in [-0.3, -0.25) is 0 Å². The van der Waals surface area contributed by atoms with Crippen molar-refractivity contribution >= 4 is 43.7 Å². The lowest BCUT2D eigenvalue weighted by Crippen LogP contribution is -2.10. The van der Waals surface area contributed by atoms with E-state index in [0.717, 1.165) is 27.2 Å². The van der Waals surface area contributed by atoms with Crippen LogP contribution in [0.1, 0.15) is 11.1 Å². The van der Waals surface area contributed by atoms with Gasteiger partial charge in [0.15, 0.2) is 0 Å². The first-order valence-electron chi connectivity index (χ1n) is 7.30. The highest BCUT2D eigenvalue weighted by atomic mass is 32.1. The quantitative estimate of drug-likeness (QED) is 0.545. The van der Waals surface area contributed by atoms with Crippen LogP contribution in [0, 0.1) is 13.8 Å². The van der Waals surface area contributed by atoms with Gasteiger partial charge in [0.25, 0.3) is 0 Å². The van der Waals surface area contributed by atoms with Crippen LogP contribution in [-0.4, -0.2) is 19.1 Å². The van der Waals surface area contributed by atoms with E-state index in [1.807, 2.05) is 39.2 Å². The summed E-state index contributed by atoms with van der Waals surface area (Å²) in [6.45, 7) is 4.12. The third kappa shape index (κ3) is 3.17. The predicted octanol–water partition coefficient (Wildman–Crippen LogP) is 4.98. The maximum absolute atomic E-state index is 5.79. The van der Waals surface area contributed by atoms with Crippen molar-refractivity contribution in [3.8, 4) is 0 Å². The van der Waals surface area contributed by atoms with Crippen LogP contribution < -0.4 is 10.6 Å². The predicted molar refractivity (Wildman–Crippen MR) is 98.5 cm³/mol. The molecule has 0 atom stereocenters. The molecule has 1 aromatic heterocycles. The zero-order valence-electron chi connectivity index (χ0n) is 13.7. The summed E-state index contributed by atoms with van der Waals surface area (Å²) >= 11 is 1.49. The summed E-state index contributed by atoms with van der Waals surface area (Å²) in [5.74, 6) is 0. The van der Waals surface area contributed by atoms with Gasteiger partial charge in [-0.25, -0.2) is 4.98 Å². The van der Waals surface area contributed by atoms with Crippen molar-refractivity contribution in [2.45, 2.75) is 13.8 Å². The molecule has 3 aromatic rings. The van der Waals surface area contributed by atoms with Crippen LogP contribution in [0.2, 0.25) is 0 Å². The van der Waals surface area contributed by atoms with E-state index in [4.69, 9.17) is 5.73 Å². The van der Waals surface area contributed by atoms with E-state index in [1.165, 1.54) is 22.6 Å². The molecular formula is C17H19N5S. The second kappa shape index (κ2) is 5.96. The Balaban J connectivity index is 1.93. The maximum atomic E-state index is 5.79.